The summed E-state index contributed by atoms with van der Waals surface area (Å²) in [6.07, 6.45) is 1.50. The number of aromatic nitrogens is 1. The van der Waals surface area contributed by atoms with Crippen molar-refractivity contribution in [2.45, 2.75) is 97.6 Å². The second kappa shape index (κ2) is 15.0. The second-order valence-electron chi connectivity index (χ2n) is 15.9. The number of hydrogen-bond acceptors (Lipinski definition) is 8. The number of ether oxygens (including phenoxy) is 3. The molecule has 5 rings (SSSR count). The van der Waals surface area contributed by atoms with Crippen molar-refractivity contribution in [3.63, 3.8) is 0 Å². The molecule has 0 saturated heterocycles. The predicted molar refractivity (Wildman–Crippen MR) is 205 cm³/mol. The normalized spacial score (nSPS) is 16.0. The smallest absolute Gasteiger partial charge is 0.326 e. The number of anilines is 1. The second-order valence-corrected chi connectivity index (χ2v) is 15.9. The number of carbonyl (C=O) groups excluding carboxylic acids is 5. The molecule has 286 valence electrons. The fourth-order valence-electron chi connectivity index (χ4n) is 7.24. The van der Waals surface area contributed by atoms with Crippen LogP contribution in [-0.4, -0.2) is 58.6 Å². The highest BCUT2D eigenvalue weighted by Crippen LogP contribution is 2.44. The Balaban J connectivity index is 1.70. The van der Waals surface area contributed by atoms with E-state index in [4.69, 9.17) is 19.9 Å². The molecule has 1 aromatic heterocycles. The lowest BCUT2D eigenvalue weighted by Gasteiger charge is -2.45. The van der Waals surface area contributed by atoms with Crippen LogP contribution in [0.3, 0.4) is 0 Å². The van der Waals surface area contributed by atoms with Gasteiger partial charge in [0.2, 0.25) is 5.91 Å². The predicted octanol–water partition coefficient (Wildman–Crippen LogP) is 5.60. The van der Waals surface area contributed by atoms with E-state index >= 15 is 4.79 Å². The van der Waals surface area contributed by atoms with E-state index in [0.717, 1.165) is 10.9 Å². The number of hydrogen-bond donors (Lipinski definition) is 2. The van der Waals surface area contributed by atoms with Gasteiger partial charge in [-0.25, -0.2) is 0 Å². The largest absolute Gasteiger partial charge is 0.497 e. The number of para-hydroxylation sites is 1. The minimum atomic E-state index is -1.81. The first-order valence-electron chi connectivity index (χ1n) is 18.0. The first-order chi connectivity index (χ1) is 25.3. The lowest BCUT2D eigenvalue weighted by atomic mass is 9.76. The Morgan fingerprint density at radius 1 is 0.833 bits per heavy atom. The topological polar surface area (TPSA) is 159 Å². The number of benzene rings is 3. The molecule has 0 radical (unpaired) electrons. The van der Waals surface area contributed by atoms with Gasteiger partial charge in [-0.2, -0.15) is 0 Å². The number of nitrogens with one attached hydrogen (secondary N) is 1. The van der Waals surface area contributed by atoms with E-state index in [1.807, 2.05) is 24.3 Å². The van der Waals surface area contributed by atoms with Gasteiger partial charge in [0.15, 0.2) is 5.54 Å². The minimum absolute atomic E-state index is 0.00611. The molecule has 54 heavy (non-hydrogen) atoms. The van der Waals surface area contributed by atoms with Gasteiger partial charge < -0.3 is 29.8 Å². The third-order valence-corrected chi connectivity index (χ3v) is 9.28. The number of nitrogens with two attached hydrogens (primary N) is 1. The summed E-state index contributed by atoms with van der Waals surface area (Å²) in [6, 6.07) is 17.8. The Labute approximate surface area is 315 Å². The summed E-state index contributed by atoms with van der Waals surface area (Å²) in [5, 5.41) is 3.70. The van der Waals surface area contributed by atoms with E-state index in [2.05, 4.69) is 5.32 Å². The first kappa shape index (κ1) is 39.6. The maximum absolute atomic E-state index is 15.3. The van der Waals surface area contributed by atoms with Crippen molar-refractivity contribution >= 4 is 46.3 Å². The van der Waals surface area contributed by atoms with Crippen LogP contribution in [0.1, 0.15) is 82.4 Å². The van der Waals surface area contributed by atoms with Crippen LogP contribution in [0.2, 0.25) is 0 Å². The van der Waals surface area contributed by atoms with Crippen LogP contribution in [0.25, 0.3) is 10.9 Å². The molecular weight excluding hydrogens is 688 g/mol. The van der Waals surface area contributed by atoms with E-state index in [-0.39, 0.29) is 30.6 Å². The molecule has 0 fully saturated rings. The van der Waals surface area contributed by atoms with E-state index < -0.39 is 58.4 Å². The van der Waals surface area contributed by atoms with E-state index in [9.17, 15) is 19.2 Å². The molecule has 3 N–H and O–H groups in total. The average molecular weight is 739 g/mol. The van der Waals surface area contributed by atoms with Crippen LogP contribution in [0.5, 0.6) is 5.75 Å². The van der Waals surface area contributed by atoms with Crippen molar-refractivity contribution in [2.24, 2.45) is 11.7 Å². The molecule has 12 nitrogen and oxygen atoms in total. The number of primary amides is 1. The highest BCUT2D eigenvalue weighted by atomic mass is 16.6. The number of rotatable bonds is 11. The Morgan fingerprint density at radius 3 is 2.06 bits per heavy atom. The van der Waals surface area contributed by atoms with Gasteiger partial charge in [-0.15, -0.1) is 0 Å². The summed E-state index contributed by atoms with van der Waals surface area (Å²) in [7, 11) is 1.52. The number of nitrogens with zero attached hydrogens (tertiary/aromatic N) is 2. The van der Waals surface area contributed by atoms with Crippen LogP contribution < -0.4 is 20.7 Å². The van der Waals surface area contributed by atoms with Crippen LogP contribution >= 0.6 is 0 Å². The first-order valence-corrected chi connectivity index (χ1v) is 18.0. The Hall–Kier alpha value is -5.65. The van der Waals surface area contributed by atoms with E-state index in [1.54, 1.807) is 109 Å². The van der Waals surface area contributed by atoms with Crippen molar-refractivity contribution in [1.29, 1.82) is 0 Å². The third kappa shape index (κ3) is 7.97. The number of carbonyl (C=O) groups is 5. The molecule has 3 aromatic carbocycles. The van der Waals surface area contributed by atoms with Crippen molar-refractivity contribution in [3.8, 4) is 5.75 Å². The summed E-state index contributed by atoms with van der Waals surface area (Å²) in [6.45, 7) is 14.1. The van der Waals surface area contributed by atoms with Crippen molar-refractivity contribution in [1.82, 2.24) is 9.88 Å². The zero-order valence-electron chi connectivity index (χ0n) is 32.4. The number of esters is 2. The maximum Gasteiger partial charge on any atom is 0.326 e. The van der Waals surface area contributed by atoms with Crippen molar-refractivity contribution in [3.05, 3.63) is 95.2 Å². The van der Waals surface area contributed by atoms with Crippen molar-refractivity contribution in [2.75, 3.05) is 12.0 Å². The zero-order chi connectivity index (χ0) is 39.7. The molecule has 2 heterocycles. The van der Waals surface area contributed by atoms with Gasteiger partial charge in [0.25, 0.3) is 11.8 Å². The number of fused-ring (bicyclic) bond motifs is 2. The van der Waals surface area contributed by atoms with Gasteiger partial charge in [-0.05, 0) is 88.4 Å². The van der Waals surface area contributed by atoms with Crippen LogP contribution in [-0.2, 0) is 53.6 Å². The molecule has 1 aliphatic heterocycles. The standard InChI is InChI=1S/C42H50N4O8/c1-25(2)42(39(43)51,28-17-19-29(52-9)20-18-28)46-33-16-12-13-26(22-34(47)53-40(3,4)5)36(33)37(49)44-31(38(46)50)21-27-23-45(24-35(48)54-41(6,7)8)32-15-11-10-14-30(27)32/h10-20,23,25,31H,21-22,24H2,1-9H3,(H2,43,51)(H,44,49)/t31-,42?/m1/s1. The molecule has 3 amide bonds. The number of amides is 3. The number of methoxy groups -OCH3 is 1. The summed E-state index contributed by atoms with van der Waals surface area (Å²) < 4.78 is 18.3. The fraction of sp³-hybridized carbons (Fsp3) is 0.405. The van der Waals surface area contributed by atoms with Gasteiger partial charge in [0, 0.05) is 23.5 Å². The van der Waals surface area contributed by atoms with E-state index in [1.165, 1.54) is 12.0 Å². The SMILES string of the molecule is COc1ccc(C(C(N)=O)(C(C)C)N2C(=O)[C@@H](Cc3cn(CC(=O)OC(C)(C)C)c4ccccc34)NC(=O)c3c(CC(=O)OC(C)(C)C)cccc32)cc1. The zero-order valence-corrected chi connectivity index (χ0v) is 32.4. The molecule has 4 aromatic rings. The average Bonchev–Trinajstić information content (AvgIpc) is 3.35. The summed E-state index contributed by atoms with van der Waals surface area (Å²) >= 11 is 0. The molecule has 0 saturated carbocycles. The summed E-state index contributed by atoms with van der Waals surface area (Å²) in [5.74, 6) is -3.11. The summed E-state index contributed by atoms with van der Waals surface area (Å²) in [4.78, 5) is 71.3. The van der Waals surface area contributed by atoms with Gasteiger partial charge >= 0.3 is 11.9 Å². The van der Waals surface area contributed by atoms with Crippen LogP contribution in [0.15, 0.2) is 72.9 Å². The molecule has 0 spiro atoms. The minimum Gasteiger partial charge on any atom is -0.497 e. The quantitative estimate of drug-likeness (QED) is 0.188. The highest BCUT2D eigenvalue weighted by Gasteiger charge is 2.53. The monoisotopic (exact) mass is 738 g/mol. The van der Waals surface area contributed by atoms with E-state index in [0.29, 0.717) is 22.4 Å². The molecular formula is C42H50N4O8. The summed E-state index contributed by atoms with van der Waals surface area (Å²) in [5.41, 5.74) is 5.39. The molecule has 2 atom stereocenters. The Bertz CT molecular complexity index is 2090. The van der Waals surface area contributed by atoms with Gasteiger partial charge in [0.05, 0.1) is 24.8 Å². The van der Waals surface area contributed by atoms with Crippen molar-refractivity contribution < 1.29 is 38.2 Å². The Kier molecular flexibility index (Phi) is 11.0. The third-order valence-electron chi connectivity index (χ3n) is 9.28. The molecule has 1 unspecified atom stereocenters. The van der Waals surface area contributed by atoms with Crippen LogP contribution in [0, 0.1) is 5.92 Å². The maximum atomic E-state index is 15.3. The van der Waals surface area contributed by atoms with Gasteiger partial charge in [0.1, 0.15) is 29.5 Å². The van der Waals surface area contributed by atoms with Crippen LogP contribution in [0.4, 0.5) is 5.69 Å². The lowest BCUT2D eigenvalue weighted by Crippen LogP contribution is -2.63. The van der Waals surface area contributed by atoms with Gasteiger partial charge in [-0.1, -0.05) is 56.3 Å². The Morgan fingerprint density at radius 2 is 1.46 bits per heavy atom. The molecule has 12 heteroatoms. The highest BCUT2D eigenvalue weighted by molar-refractivity contribution is 6.15. The fourth-order valence-corrected chi connectivity index (χ4v) is 7.24. The molecule has 1 aliphatic rings. The molecule has 0 bridgehead atoms. The molecule has 0 aliphatic carbocycles. The van der Waals surface area contributed by atoms with Gasteiger partial charge in [-0.3, -0.25) is 28.9 Å². The lowest BCUT2D eigenvalue weighted by molar-refractivity contribution is -0.156.